The molecule has 0 bridgehead atoms. The van der Waals surface area contributed by atoms with Gasteiger partial charge in [0, 0.05) is 26.2 Å². The van der Waals surface area contributed by atoms with E-state index >= 15 is 0 Å². The van der Waals surface area contributed by atoms with Crippen molar-refractivity contribution in [1.82, 2.24) is 10.6 Å². The average molecular weight is 441 g/mol. The highest BCUT2D eigenvalue weighted by molar-refractivity contribution is 14.0. The molecule has 4 nitrogen and oxygen atoms in total. The summed E-state index contributed by atoms with van der Waals surface area (Å²) in [5.41, 5.74) is 1.34. The third-order valence-corrected chi connectivity index (χ3v) is 3.68. The quantitative estimate of drug-likeness (QED) is 0.392. The molecule has 132 valence electrons. The fraction of sp³-hybridized carbons (Fsp3) is 0.421. The monoisotopic (exact) mass is 441 g/mol. The van der Waals surface area contributed by atoms with Crippen molar-refractivity contribution in [2.45, 2.75) is 26.3 Å². The van der Waals surface area contributed by atoms with Crippen LogP contribution in [-0.2, 0) is 11.2 Å². The van der Waals surface area contributed by atoms with Gasteiger partial charge >= 0.3 is 0 Å². The van der Waals surface area contributed by atoms with E-state index in [-0.39, 0.29) is 30.0 Å². The van der Waals surface area contributed by atoms with Gasteiger partial charge in [-0.1, -0.05) is 42.5 Å². The molecule has 0 saturated carbocycles. The lowest BCUT2D eigenvalue weighted by atomic mass is 10.0. The van der Waals surface area contributed by atoms with Gasteiger partial charge in [0.15, 0.2) is 5.96 Å². The summed E-state index contributed by atoms with van der Waals surface area (Å²) in [5.74, 6) is 0.845. The van der Waals surface area contributed by atoms with Crippen LogP contribution in [0.5, 0.6) is 0 Å². The summed E-state index contributed by atoms with van der Waals surface area (Å²) in [6.07, 6.45) is 0.927. The maximum absolute atomic E-state index is 5.16. The molecule has 1 unspecified atom stereocenters. The Labute approximate surface area is 162 Å². The molecule has 2 aromatic carbocycles. The van der Waals surface area contributed by atoms with Crippen LogP contribution in [-0.4, -0.2) is 38.8 Å². The normalized spacial score (nSPS) is 12.5. The van der Waals surface area contributed by atoms with Crippen LogP contribution in [0.3, 0.4) is 0 Å². The number of halogens is 1. The van der Waals surface area contributed by atoms with Gasteiger partial charge in [-0.2, -0.15) is 0 Å². The number of methoxy groups -OCH3 is 1. The number of guanidine groups is 1. The first-order valence-corrected chi connectivity index (χ1v) is 8.25. The van der Waals surface area contributed by atoms with E-state index in [4.69, 9.17) is 4.74 Å². The molecule has 0 aliphatic rings. The summed E-state index contributed by atoms with van der Waals surface area (Å²) >= 11 is 0. The molecule has 2 rings (SSSR count). The SMILES string of the molecule is CCNC(=NCCc1cccc2ccccc12)NC(C)COC.I. The van der Waals surface area contributed by atoms with E-state index in [0.29, 0.717) is 6.61 Å². The molecule has 0 spiro atoms. The molecule has 0 aromatic heterocycles. The van der Waals surface area contributed by atoms with Gasteiger partial charge in [-0.15, -0.1) is 24.0 Å². The molecule has 0 saturated heterocycles. The van der Waals surface area contributed by atoms with Crippen molar-refractivity contribution in [3.8, 4) is 0 Å². The minimum absolute atomic E-state index is 0. The number of benzene rings is 2. The van der Waals surface area contributed by atoms with E-state index in [9.17, 15) is 0 Å². The highest BCUT2D eigenvalue weighted by atomic mass is 127. The van der Waals surface area contributed by atoms with Crippen LogP contribution in [0.15, 0.2) is 47.5 Å². The van der Waals surface area contributed by atoms with Gasteiger partial charge in [0.2, 0.25) is 0 Å². The lowest BCUT2D eigenvalue weighted by Gasteiger charge is -2.17. The Bertz CT molecular complexity index is 640. The van der Waals surface area contributed by atoms with E-state index in [1.54, 1.807) is 7.11 Å². The van der Waals surface area contributed by atoms with Gasteiger partial charge in [0.25, 0.3) is 0 Å². The van der Waals surface area contributed by atoms with Crippen molar-refractivity contribution in [2.75, 3.05) is 26.8 Å². The Kier molecular flexibility index (Phi) is 9.71. The molecule has 0 aliphatic carbocycles. The zero-order chi connectivity index (χ0) is 16.5. The zero-order valence-electron chi connectivity index (χ0n) is 14.7. The molecule has 0 aliphatic heterocycles. The van der Waals surface area contributed by atoms with Crippen molar-refractivity contribution in [3.05, 3.63) is 48.0 Å². The number of aliphatic imine (C=N–C) groups is 1. The Balaban J connectivity index is 0.00000288. The number of rotatable bonds is 7. The average Bonchev–Trinajstić information content (AvgIpc) is 2.55. The van der Waals surface area contributed by atoms with Gasteiger partial charge in [0.1, 0.15) is 0 Å². The second-order valence-electron chi connectivity index (χ2n) is 5.65. The van der Waals surface area contributed by atoms with Gasteiger partial charge in [-0.05, 0) is 36.6 Å². The number of hydrogen-bond donors (Lipinski definition) is 2. The van der Waals surface area contributed by atoms with Crippen LogP contribution in [0.1, 0.15) is 19.4 Å². The summed E-state index contributed by atoms with van der Waals surface area (Å²) in [6, 6.07) is 15.2. The number of ether oxygens (including phenoxy) is 1. The molecular weight excluding hydrogens is 413 g/mol. The number of fused-ring (bicyclic) bond motifs is 1. The topological polar surface area (TPSA) is 45.7 Å². The van der Waals surface area contributed by atoms with Crippen molar-refractivity contribution in [3.63, 3.8) is 0 Å². The Hall–Kier alpha value is -1.34. The zero-order valence-corrected chi connectivity index (χ0v) is 17.0. The number of nitrogens with one attached hydrogen (secondary N) is 2. The standard InChI is InChI=1S/C19H27N3O.HI/c1-4-20-19(22-15(2)14-23-3)21-13-12-17-10-7-9-16-8-5-6-11-18(16)17;/h5-11,15H,4,12-14H2,1-3H3,(H2,20,21,22);1H. The molecule has 2 N–H and O–H groups in total. The van der Waals surface area contributed by atoms with E-state index in [2.05, 4.69) is 71.9 Å². The van der Waals surface area contributed by atoms with Crippen molar-refractivity contribution >= 4 is 40.7 Å². The molecule has 0 heterocycles. The minimum atomic E-state index is 0. The van der Waals surface area contributed by atoms with Crippen molar-refractivity contribution in [1.29, 1.82) is 0 Å². The summed E-state index contributed by atoms with van der Waals surface area (Å²) in [5, 5.41) is 9.24. The van der Waals surface area contributed by atoms with Crippen LogP contribution in [0.25, 0.3) is 10.8 Å². The number of hydrogen-bond acceptors (Lipinski definition) is 2. The third-order valence-electron chi connectivity index (χ3n) is 3.68. The van der Waals surface area contributed by atoms with Gasteiger partial charge in [-0.3, -0.25) is 4.99 Å². The second kappa shape index (κ2) is 11.3. The van der Waals surface area contributed by atoms with Crippen LogP contribution < -0.4 is 10.6 Å². The summed E-state index contributed by atoms with van der Waals surface area (Å²) in [7, 11) is 1.71. The molecule has 0 amide bonds. The molecule has 0 fully saturated rings. The van der Waals surface area contributed by atoms with E-state index in [1.165, 1.54) is 16.3 Å². The fourth-order valence-electron chi connectivity index (χ4n) is 2.64. The second-order valence-corrected chi connectivity index (χ2v) is 5.65. The van der Waals surface area contributed by atoms with Gasteiger partial charge < -0.3 is 15.4 Å². The van der Waals surface area contributed by atoms with E-state index in [0.717, 1.165) is 25.5 Å². The van der Waals surface area contributed by atoms with Crippen LogP contribution in [0, 0.1) is 0 Å². The third kappa shape index (κ3) is 6.28. The molecule has 5 heteroatoms. The fourth-order valence-corrected chi connectivity index (χ4v) is 2.64. The lowest BCUT2D eigenvalue weighted by Crippen LogP contribution is -2.44. The summed E-state index contributed by atoms with van der Waals surface area (Å²) in [4.78, 5) is 4.68. The van der Waals surface area contributed by atoms with Gasteiger partial charge in [-0.25, -0.2) is 0 Å². The highest BCUT2D eigenvalue weighted by Gasteiger charge is 2.04. The number of nitrogens with zero attached hydrogens (tertiary/aromatic N) is 1. The molecule has 24 heavy (non-hydrogen) atoms. The predicted octanol–water partition coefficient (Wildman–Crippen LogP) is 3.59. The largest absolute Gasteiger partial charge is 0.383 e. The summed E-state index contributed by atoms with van der Waals surface area (Å²) in [6.45, 7) is 6.42. The van der Waals surface area contributed by atoms with E-state index < -0.39 is 0 Å². The lowest BCUT2D eigenvalue weighted by molar-refractivity contribution is 0.179. The minimum Gasteiger partial charge on any atom is -0.383 e. The molecular formula is C19H28IN3O. The first kappa shape index (κ1) is 20.7. The smallest absolute Gasteiger partial charge is 0.191 e. The highest BCUT2D eigenvalue weighted by Crippen LogP contribution is 2.18. The van der Waals surface area contributed by atoms with Crippen molar-refractivity contribution < 1.29 is 4.74 Å². The maximum atomic E-state index is 5.16. The van der Waals surface area contributed by atoms with E-state index in [1.807, 2.05) is 0 Å². The van der Waals surface area contributed by atoms with Gasteiger partial charge in [0.05, 0.1) is 6.61 Å². The summed E-state index contributed by atoms with van der Waals surface area (Å²) < 4.78 is 5.16. The molecule has 0 radical (unpaired) electrons. The van der Waals surface area contributed by atoms with Crippen LogP contribution in [0.4, 0.5) is 0 Å². The van der Waals surface area contributed by atoms with Crippen LogP contribution >= 0.6 is 24.0 Å². The Morgan fingerprint density at radius 2 is 1.92 bits per heavy atom. The maximum Gasteiger partial charge on any atom is 0.191 e. The first-order chi connectivity index (χ1) is 11.2. The first-order valence-electron chi connectivity index (χ1n) is 8.25. The Morgan fingerprint density at radius 1 is 1.17 bits per heavy atom. The Morgan fingerprint density at radius 3 is 2.67 bits per heavy atom. The molecule has 2 aromatic rings. The van der Waals surface area contributed by atoms with Crippen molar-refractivity contribution in [2.24, 2.45) is 4.99 Å². The predicted molar refractivity (Wildman–Crippen MR) is 114 cm³/mol. The van der Waals surface area contributed by atoms with Crippen LogP contribution in [0.2, 0.25) is 0 Å². The molecule has 1 atom stereocenters.